The van der Waals surface area contributed by atoms with Gasteiger partial charge in [-0.15, -0.1) is 0 Å². The van der Waals surface area contributed by atoms with Crippen molar-refractivity contribution < 1.29 is 28.2 Å². The van der Waals surface area contributed by atoms with Crippen LogP contribution in [0.1, 0.15) is 27.0 Å². The molecule has 4 N–H and O–H groups in total. The highest BCUT2D eigenvalue weighted by Gasteiger charge is 2.28. The van der Waals surface area contributed by atoms with E-state index in [2.05, 4.69) is 10.6 Å². The average Bonchev–Trinajstić information content (AvgIpc) is 2.91. The summed E-state index contributed by atoms with van der Waals surface area (Å²) in [5.41, 5.74) is 2.72. The molecule has 0 bridgehead atoms. The molecule has 3 rings (SSSR count). The molecule has 0 aliphatic carbocycles. The summed E-state index contributed by atoms with van der Waals surface area (Å²) in [6.45, 7) is 2.39. The summed E-state index contributed by atoms with van der Waals surface area (Å²) in [6, 6.07) is 16.9. The third kappa shape index (κ3) is 7.11. The first-order chi connectivity index (χ1) is 18.1. The molecule has 0 radical (unpaired) electrons. The van der Waals surface area contributed by atoms with Crippen molar-refractivity contribution in [2.75, 3.05) is 24.1 Å². The second-order valence-corrected chi connectivity index (χ2v) is 11.0. The number of rotatable bonds is 11. The Morgan fingerprint density at radius 2 is 1.58 bits per heavy atom. The largest absolute Gasteiger partial charge is 0.394 e. The average molecular weight is 560 g/mol. The van der Waals surface area contributed by atoms with E-state index >= 15 is 0 Å². The van der Waals surface area contributed by atoms with Gasteiger partial charge in [0.15, 0.2) is 0 Å². The number of carbonyl (C=O) groups is 2. The Hall–Kier alpha value is -3.44. The minimum absolute atomic E-state index is 0.0498. The van der Waals surface area contributed by atoms with Crippen LogP contribution in [0.4, 0.5) is 5.69 Å². The molecule has 202 valence electrons. The molecule has 0 spiro atoms. The molecule has 9 nitrogen and oxygen atoms in total. The van der Waals surface area contributed by atoms with E-state index in [1.54, 1.807) is 61.5 Å². The van der Waals surface area contributed by atoms with Crippen LogP contribution in [0.5, 0.6) is 0 Å². The summed E-state index contributed by atoms with van der Waals surface area (Å²) in [4.78, 5) is 25.2. The Labute approximate surface area is 227 Å². The van der Waals surface area contributed by atoms with Gasteiger partial charge in [-0.2, -0.15) is 0 Å². The second-order valence-electron chi connectivity index (χ2n) is 8.72. The lowest BCUT2D eigenvalue weighted by Crippen LogP contribution is -2.41. The van der Waals surface area contributed by atoms with Crippen molar-refractivity contribution in [3.63, 3.8) is 0 Å². The maximum absolute atomic E-state index is 13.6. The Morgan fingerprint density at radius 1 is 0.947 bits per heavy atom. The Morgan fingerprint density at radius 3 is 2.18 bits per heavy atom. The van der Waals surface area contributed by atoms with Crippen molar-refractivity contribution in [2.45, 2.75) is 31.3 Å². The number of nitrogens with zero attached hydrogens (tertiary/aromatic N) is 1. The number of nitrogens with one attached hydrogen (secondary N) is 2. The van der Waals surface area contributed by atoms with Gasteiger partial charge in [-0.25, -0.2) is 8.42 Å². The normalized spacial score (nSPS) is 11.3. The van der Waals surface area contributed by atoms with E-state index in [9.17, 15) is 18.0 Å². The molecular weight excluding hydrogens is 530 g/mol. The third-order valence-electron chi connectivity index (χ3n) is 5.89. The Kier molecular flexibility index (Phi) is 9.87. The van der Waals surface area contributed by atoms with E-state index < -0.39 is 47.6 Å². The number of benzene rings is 3. The van der Waals surface area contributed by atoms with Gasteiger partial charge in [0.05, 0.1) is 29.8 Å². The first kappa shape index (κ1) is 29.1. The number of halogens is 1. The van der Waals surface area contributed by atoms with Crippen LogP contribution >= 0.6 is 11.6 Å². The van der Waals surface area contributed by atoms with Crippen LogP contribution in [-0.4, -0.2) is 56.2 Å². The molecular formula is C27H30ClN3O6S. The number of aliphatic hydroxyl groups is 2. The lowest BCUT2D eigenvalue weighted by molar-refractivity contribution is -0.119. The molecule has 0 heterocycles. The number of hydrogen-bond acceptors (Lipinski definition) is 6. The van der Waals surface area contributed by atoms with Crippen molar-refractivity contribution in [1.29, 1.82) is 0 Å². The molecule has 38 heavy (non-hydrogen) atoms. The van der Waals surface area contributed by atoms with Gasteiger partial charge < -0.3 is 20.8 Å². The van der Waals surface area contributed by atoms with Gasteiger partial charge in [0.2, 0.25) is 5.91 Å². The molecule has 0 atom stereocenters. The molecule has 0 aliphatic heterocycles. The van der Waals surface area contributed by atoms with Crippen molar-refractivity contribution in [3.05, 3.63) is 94.0 Å². The smallest absolute Gasteiger partial charge is 0.264 e. The summed E-state index contributed by atoms with van der Waals surface area (Å²) in [5, 5.41) is 23.8. The van der Waals surface area contributed by atoms with Crippen LogP contribution in [0.2, 0.25) is 5.02 Å². The predicted molar refractivity (Wildman–Crippen MR) is 146 cm³/mol. The molecule has 0 aliphatic rings. The van der Waals surface area contributed by atoms with Gasteiger partial charge in [0.25, 0.3) is 15.9 Å². The number of anilines is 1. The fourth-order valence-electron chi connectivity index (χ4n) is 3.58. The number of hydrogen-bond donors (Lipinski definition) is 4. The van der Waals surface area contributed by atoms with E-state index in [-0.39, 0.29) is 11.4 Å². The second kappa shape index (κ2) is 12.9. The minimum atomic E-state index is -4.08. The Balaban J connectivity index is 1.75. The summed E-state index contributed by atoms with van der Waals surface area (Å²) in [7, 11) is -4.08. The highest BCUT2D eigenvalue weighted by atomic mass is 35.5. The highest BCUT2D eigenvalue weighted by Crippen LogP contribution is 2.30. The summed E-state index contributed by atoms with van der Waals surface area (Å²) in [6.07, 6.45) is 0. The lowest BCUT2D eigenvalue weighted by Gasteiger charge is -2.26. The van der Waals surface area contributed by atoms with Crippen LogP contribution < -0.4 is 14.9 Å². The zero-order valence-corrected chi connectivity index (χ0v) is 22.6. The summed E-state index contributed by atoms with van der Waals surface area (Å²) >= 11 is 6.26. The summed E-state index contributed by atoms with van der Waals surface area (Å²) < 4.78 is 28.2. The highest BCUT2D eigenvalue weighted by molar-refractivity contribution is 7.92. The van der Waals surface area contributed by atoms with E-state index in [1.807, 2.05) is 6.92 Å². The number of aryl methyl sites for hydroxylation is 1. The van der Waals surface area contributed by atoms with E-state index in [0.29, 0.717) is 27.4 Å². The van der Waals surface area contributed by atoms with Crippen LogP contribution in [-0.2, 0) is 21.4 Å². The van der Waals surface area contributed by atoms with Gasteiger partial charge in [-0.05, 0) is 61.4 Å². The fourth-order valence-corrected chi connectivity index (χ4v) is 5.23. The van der Waals surface area contributed by atoms with Gasteiger partial charge >= 0.3 is 0 Å². The molecule has 11 heteroatoms. The van der Waals surface area contributed by atoms with Crippen molar-refractivity contribution in [2.24, 2.45) is 0 Å². The third-order valence-corrected chi connectivity index (χ3v) is 8.07. The number of amides is 2. The van der Waals surface area contributed by atoms with Crippen molar-refractivity contribution >= 4 is 39.1 Å². The van der Waals surface area contributed by atoms with Crippen LogP contribution in [0.15, 0.2) is 71.6 Å². The van der Waals surface area contributed by atoms with Crippen molar-refractivity contribution in [1.82, 2.24) is 10.6 Å². The fraction of sp³-hybridized carbons (Fsp3) is 0.259. The van der Waals surface area contributed by atoms with Gasteiger partial charge in [0.1, 0.15) is 6.54 Å². The van der Waals surface area contributed by atoms with Crippen LogP contribution in [0, 0.1) is 13.8 Å². The molecule has 3 aromatic rings. The molecule has 0 saturated carbocycles. The first-order valence-corrected chi connectivity index (χ1v) is 13.6. The van der Waals surface area contributed by atoms with Crippen LogP contribution in [0.25, 0.3) is 0 Å². The molecule has 0 saturated heterocycles. The minimum Gasteiger partial charge on any atom is -0.394 e. The molecule has 3 aromatic carbocycles. The lowest BCUT2D eigenvalue weighted by atomic mass is 10.1. The van der Waals surface area contributed by atoms with Crippen LogP contribution in [0.3, 0.4) is 0 Å². The maximum atomic E-state index is 13.6. The van der Waals surface area contributed by atoms with Crippen molar-refractivity contribution in [3.8, 4) is 0 Å². The molecule has 0 fully saturated rings. The SMILES string of the molecule is Cc1ccc(S(=O)(=O)N(CC(=O)NCc2ccc(C(=O)NC(CO)CO)cc2)c2cccc(Cl)c2C)cc1. The standard InChI is InChI=1S/C27H30ClN3O6S/c1-18-6-12-23(13-7-18)38(36,37)31(25-5-3-4-24(28)19(25)2)15-26(34)29-14-20-8-10-21(11-9-20)27(35)30-22(16-32)17-33/h3-13,22,32-33H,14-17H2,1-2H3,(H,29,34)(H,30,35). The van der Waals surface area contributed by atoms with Gasteiger partial charge in [0, 0.05) is 17.1 Å². The molecule has 0 unspecified atom stereocenters. The Bertz CT molecular complexity index is 1370. The topological polar surface area (TPSA) is 136 Å². The van der Waals surface area contributed by atoms with E-state index in [1.165, 1.54) is 12.1 Å². The molecule has 0 aromatic heterocycles. The van der Waals surface area contributed by atoms with E-state index in [0.717, 1.165) is 9.87 Å². The van der Waals surface area contributed by atoms with E-state index in [4.69, 9.17) is 21.8 Å². The predicted octanol–water partition coefficient (Wildman–Crippen LogP) is 2.55. The number of sulfonamides is 1. The quantitative estimate of drug-likeness (QED) is 0.285. The zero-order valence-electron chi connectivity index (χ0n) is 21.0. The number of aliphatic hydroxyl groups excluding tert-OH is 2. The monoisotopic (exact) mass is 559 g/mol. The van der Waals surface area contributed by atoms with Gasteiger partial charge in [-0.1, -0.05) is 47.5 Å². The zero-order chi connectivity index (χ0) is 27.9. The summed E-state index contributed by atoms with van der Waals surface area (Å²) in [5.74, 6) is -0.988. The van der Waals surface area contributed by atoms with Gasteiger partial charge in [-0.3, -0.25) is 13.9 Å². The maximum Gasteiger partial charge on any atom is 0.264 e. The first-order valence-electron chi connectivity index (χ1n) is 11.8. The molecule has 2 amide bonds. The number of carbonyl (C=O) groups excluding carboxylic acids is 2.